The molecule has 1 fully saturated rings. The largest absolute Gasteiger partial charge is 0.369 e. The van der Waals surface area contributed by atoms with Crippen molar-refractivity contribution in [2.75, 3.05) is 48.8 Å². The van der Waals surface area contributed by atoms with Crippen LogP contribution >= 0.6 is 0 Å². The molecule has 0 aliphatic carbocycles. The zero-order valence-corrected chi connectivity index (χ0v) is 16.7. The molecule has 1 aliphatic rings. The summed E-state index contributed by atoms with van der Waals surface area (Å²) in [4.78, 5) is 13.6. The molecule has 3 aromatic rings. The third kappa shape index (κ3) is 4.81. The highest BCUT2D eigenvalue weighted by molar-refractivity contribution is 5.62. The molecule has 29 heavy (non-hydrogen) atoms. The molecule has 0 atom stereocenters. The second kappa shape index (κ2) is 8.45. The number of halogens is 1. The Labute approximate surface area is 170 Å². The zero-order valence-electron chi connectivity index (χ0n) is 16.7. The first kappa shape index (κ1) is 19.1. The molecule has 0 radical (unpaired) electrons. The number of aryl methyl sites for hydroxylation is 1. The highest BCUT2D eigenvalue weighted by atomic mass is 19.1. The number of nitrogens with zero attached hydrogens (tertiary/aromatic N) is 4. The van der Waals surface area contributed by atoms with Crippen molar-refractivity contribution in [3.63, 3.8) is 0 Å². The Balaban J connectivity index is 1.46. The number of piperazine rings is 1. The number of nitrogens with one attached hydrogen (secondary N) is 2. The Morgan fingerprint density at radius 3 is 2.34 bits per heavy atom. The van der Waals surface area contributed by atoms with Gasteiger partial charge in [0.2, 0.25) is 5.95 Å². The highest BCUT2D eigenvalue weighted by Gasteiger charge is 2.14. The standard InChI is InChI=1S/C22H25FN6/c1-16-15-21(26-20-6-4-3-5-19(20)23)27-22(24-16)25-17-7-9-18(10-8-17)29-13-11-28(2)12-14-29/h3-10,15H,11-14H2,1-2H3,(H2,24,25,26,27). The SMILES string of the molecule is Cc1cc(Nc2ccccc2F)nc(Nc2ccc(N3CCN(C)CC3)cc2)n1. The van der Waals surface area contributed by atoms with Gasteiger partial charge in [0.1, 0.15) is 11.6 Å². The van der Waals surface area contributed by atoms with Crippen LogP contribution in [-0.2, 0) is 0 Å². The number of para-hydroxylation sites is 1. The molecule has 2 heterocycles. The number of likely N-dealkylation sites (N-methyl/N-ethyl adjacent to an activating group) is 1. The lowest BCUT2D eigenvalue weighted by Crippen LogP contribution is -2.44. The number of hydrogen-bond acceptors (Lipinski definition) is 6. The first-order valence-corrected chi connectivity index (χ1v) is 9.75. The van der Waals surface area contributed by atoms with Crippen LogP contribution in [0.4, 0.5) is 33.2 Å². The monoisotopic (exact) mass is 392 g/mol. The van der Waals surface area contributed by atoms with E-state index in [1.165, 1.54) is 11.8 Å². The fourth-order valence-electron chi connectivity index (χ4n) is 3.34. The predicted octanol–water partition coefficient (Wildman–Crippen LogP) is 4.16. The summed E-state index contributed by atoms with van der Waals surface area (Å²) in [7, 11) is 2.15. The third-order valence-corrected chi connectivity index (χ3v) is 4.98. The van der Waals surface area contributed by atoms with E-state index in [0.717, 1.165) is 37.6 Å². The van der Waals surface area contributed by atoms with Gasteiger partial charge in [-0.3, -0.25) is 0 Å². The van der Waals surface area contributed by atoms with Gasteiger partial charge in [0.05, 0.1) is 5.69 Å². The van der Waals surface area contributed by atoms with Gasteiger partial charge in [-0.2, -0.15) is 4.98 Å². The lowest BCUT2D eigenvalue weighted by atomic mass is 10.2. The van der Waals surface area contributed by atoms with Gasteiger partial charge in [-0.05, 0) is 50.4 Å². The van der Waals surface area contributed by atoms with E-state index in [4.69, 9.17) is 0 Å². The Morgan fingerprint density at radius 1 is 0.897 bits per heavy atom. The van der Waals surface area contributed by atoms with Gasteiger partial charge in [0, 0.05) is 49.3 Å². The molecule has 6 nitrogen and oxygen atoms in total. The van der Waals surface area contributed by atoms with Crippen LogP contribution in [0, 0.1) is 12.7 Å². The minimum absolute atomic E-state index is 0.322. The Kier molecular flexibility index (Phi) is 5.57. The molecule has 4 rings (SSSR count). The summed E-state index contributed by atoms with van der Waals surface area (Å²) in [6.45, 7) is 6.12. The molecule has 0 saturated carbocycles. The van der Waals surface area contributed by atoms with E-state index in [1.807, 2.05) is 19.1 Å². The van der Waals surface area contributed by atoms with E-state index in [0.29, 0.717) is 17.5 Å². The fraction of sp³-hybridized carbons (Fsp3) is 0.273. The lowest BCUT2D eigenvalue weighted by Gasteiger charge is -2.34. The molecule has 2 aromatic carbocycles. The Hall–Kier alpha value is -3.19. The van der Waals surface area contributed by atoms with Crippen LogP contribution < -0.4 is 15.5 Å². The molecule has 1 aliphatic heterocycles. The molecule has 1 saturated heterocycles. The number of rotatable bonds is 5. The molecule has 2 N–H and O–H groups in total. The van der Waals surface area contributed by atoms with E-state index in [1.54, 1.807) is 24.3 Å². The number of hydrogen-bond donors (Lipinski definition) is 2. The number of anilines is 5. The average Bonchev–Trinajstić information content (AvgIpc) is 2.71. The van der Waals surface area contributed by atoms with Crippen LogP contribution in [0.15, 0.2) is 54.6 Å². The van der Waals surface area contributed by atoms with Gasteiger partial charge in [-0.25, -0.2) is 9.37 Å². The molecular weight excluding hydrogens is 367 g/mol. The molecular formula is C22H25FN6. The molecule has 0 amide bonds. The summed E-state index contributed by atoms with van der Waals surface area (Å²) in [5.74, 6) is 0.688. The summed E-state index contributed by atoms with van der Waals surface area (Å²) in [5, 5.41) is 6.26. The van der Waals surface area contributed by atoms with Crippen molar-refractivity contribution >= 4 is 28.8 Å². The second-order valence-electron chi connectivity index (χ2n) is 7.29. The summed E-state index contributed by atoms with van der Waals surface area (Å²) >= 11 is 0. The van der Waals surface area contributed by atoms with E-state index in [-0.39, 0.29) is 5.82 Å². The lowest BCUT2D eigenvalue weighted by molar-refractivity contribution is 0.313. The first-order chi connectivity index (χ1) is 14.1. The van der Waals surface area contributed by atoms with E-state index >= 15 is 0 Å². The number of aromatic nitrogens is 2. The minimum atomic E-state index is -0.322. The summed E-state index contributed by atoms with van der Waals surface area (Å²) < 4.78 is 13.9. The molecule has 1 aromatic heterocycles. The third-order valence-electron chi connectivity index (χ3n) is 4.98. The van der Waals surface area contributed by atoms with E-state index in [2.05, 4.69) is 49.6 Å². The van der Waals surface area contributed by atoms with Gasteiger partial charge < -0.3 is 20.4 Å². The van der Waals surface area contributed by atoms with Gasteiger partial charge in [0.25, 0.3) is 0 Å². The van der Waals surface area contributed by atoms with Crippen LogP contribution in [0.3, 0.4) is 0 Å². The second-order valence-corrected chi connectivity index (χ2v) is 7.29. The average molecular weight is 392 g/mol. The van der Waals surface area contributed by atoms with Crippen molar-refractivity contribution in [3.8, 4) is 0 Å². The molecule has 0 bridgehead atoms. The normalized spacial score (nSPS) is 14.7. The Morgan fingerprint density at radius 2 is 1.62 bits per heavy atom. The predicted molar refractivity (Wildman–Crippen MR) is 116 cm³/mol. The van der Waals surface area contributed by atoms with Crippen LogP contribution in [0.1, 0.15) is 5.69 Å². The highest BCUT2D eigenvalue weighted by Crippen LogP contribution is 2.23. The van der Waals surface area contributed by atoms with Crippen molar-refractivity contribution < 1.29 is 4.39 Å². The van der Waals surface area contributed by atoms with Crippen molar-refractivity contribution in [1.29, 1.82) is 0 Å². The van der Waals surface area contributed by atoms with Crippen molar-refractivity contribution in [3.05, 3.63) is 66.1 Å². The van der Waals surface area contributed by atoms with Crippen LogP contribution in [0.5, 0.6) is 0 Å². The molecule has 150 valence electrons. The van der Waals surface area contributed by atoms with Crippen LogP contribution in [0.25, 0.3) is 0 Å². The summed E-state index contributed by atoms with van der Waals surface area (Å²) in [6.07, 6.45) is 0. The fourth-order valence-corrected chi connectivity index (χ4v) is 3.34. The van der Waals surface area contributed by atoms with Crippen LogP contribution in [0.2, 0.25) is 0 Å². The molecule has 0 spiro atoms. The van der Waals surface area contributed by atoms with Crippen LogP contribution in [-0.4, -0.2) is 48.1 Å². The van der Waals surface area contributed by atoms with Gasteiger partial charge in [0.15, 0.2) is 0 Å². The number of benzene rings is 2. The van der Waals surface area contributed by atoms with E-state index in [9.17, 15) is 4.39 Å². The van der Waals surface area contributed by atoms with Crippen molar-refractivity contribution in [2.45, 2.75) is 6.92 Å². The van der Waals surface area contributed by atoms with Crippen molar-refractivity contribution in [1.82, 2.24) is 14.9 Å². The smallest absolute Gasteiger partial charge is 0.229 e. The van der Waals surface area contributed by atoms with Gasteiger partial charge in [-0.15, -0.1) is 0 Å². The summed E-state index contributed by atoms with van der Waals surface area (Å²) in [6, 6.07) is 16.6. The molecule has 7 heteroatoms. The first-order valence-electron chi connectivity index (χ1n) is 9.75. The maximum Gasteiger partial charge on any atom is 0.229 e. The maximum absolute atomic E-state index is 13.9. The Bertz CT molecular complexity index is 967. The van der Waals surface area contributed by atoms with Gasteiger partial charge >= 0.3 is 0 Å². The maximum atomic E-state index is 13.9. The van der Waals surface area contributed by atoms with Crippen molar-refractivity contribution in [2.24, 2.45) is 0 Å². The summed E-state index contributed by atoms with van der Waals surface area (Å²) in [5.41, 5.74) is 3.30. The van der Waals surface area contributed by atoms with E-state index < -0.39 is 0 Å². The zero-order chi connectivity index (χ0) is 20.2. The molecule has 0 unspecified atom stereocenters. The minimum Gasteiger partial charge on any atom is -0.369 e. The quantitative estimate of drug-likeness (QED) is 0.680. The topological polar surface area (TPSA) is 56.3 Å². The van der Waals surface area contributed by atoms with Gasteiger partial charge in [-0.1, -0.05) is 12.1 Å².